The zero-order chi connectivity index (χ0) is 10.8. The van der Waals surface area contributed by atoms with Gasteiger partial charge in [0.05, 0.1) is 11.8 Å². The molecule has 4 heteroatoms. The lowest BCUT2D eigenvalue weighted by atomic mass is 9.95. The molecule has 2 atom stereocenters. The van der Waals surface area contributed by atoms with Crippen molar-refractivity contribution in [3.8, 4) is 0 Å². The lowest BCUT2D eigenvalue weighted by molar-refractivity contribution is 0.113. The largest absolute Gasteiger partial charge is 0.387 e. The van der Waals surface area contributed by atoms with E-state index in [9.17, 15) is 5.11 Å². The van der Waals surface area contributed by atoms with Crippen LogP contribution in [-0.2, 0) is 7.05 Å². The van der Waals surface area contributed by atoms with Gasteiger partial charge in [0.25, 0.3) is 0 Å². The van der Waals surface area contributed by atoms with Crippen LogP contribution in [-0.4, -0.2) is 27.5 Å². The average molecular weight is 209 g/mol. The Morgan fingerprint density at radius 1 is 1.60 bits per heavy atom. The van der Waals surface area contributed by atoms with Gasteiger partial charge in [-0.3, -0.25) is 4.68 Å². The summed E-state index contributed by atoms with van der Waals surface area (Å²) in [5, 5.41) is 17.8. The van der Waals surface area contributed by atoms with Crippen LogP contribution in [0.1, 0.15) is 36.6 Å². The number of aliphatic hydroxyl groups excluding tert-OH is 1. The van der Waals surface area contributed by atoms with Gasteiger partial charge in [-0.05, 0) is 26.3 Å². The third-order valence-corrected chi connectivity index (χ3v) is 3.10. The van der Waals surface area contributed by atoms with Crippen LogP contribution in [0, 0.1) is 6.92 Å². The second-order valence-corrected chi connectivity index (χ2v) is 4.34. The monoisotopic (exact) mass is 209 g/mol. The number of hydrogen-bond donors (Lipinski definition) is 2. The molecule has 1 saturated heterocycles. The Hall–Kier alpha value is -0.870. The van der Waals surface area contributed by atoms with Crippen molar-refractivity contribution in [1.82, 2.24) is 15.1 Å². The van der Waals surface area contributed by atoms with E-state index in [1.165, 1.54) is 12.8 Å². The number of aryl methyl sites for hydroxylation is 2. The van der Waals surface area contributed by atoms with Gasteiger partial charge in [-0.2, -0.15) is 5.10 Å². The van der Waals surface area contributed by atoms with Gasteiger partial charge in [0.2, 0.25) is 0 Å². The molecule has 2 N–H and O–H groups in total. The minimum atomic E-state index is -0.418. The Balaban J connectivity index is 2.12. The minimum absolute atomic E-state index is 0.196. The van der Waals surface area contributed by atoms with Gasteiger partial charge in [-0.1, -0.05) is 6.42 Å². The molecule has 15 heavy (non-hydrogen) atoms. The maximum absolute atomic E-state index is 10.2. The fraction of sp³-hybridized carbons (Fsp3) is 0.727. The van der Waals surface area contributed by atoms with E-state index in [1.807, 2.05) is 20.2 Å². The summed E-state index contributed by atoms with van der Waals surface area (Å²) >= 11 is 0. The van der Waals surface area contributed by atoms with Crippen LogP contribution in [0.15, 0.2) is 6.20 Å². The van der Waals surface area contributed by atoms with Crippen LogP contribution in [0.4, 0.5) is 0 Å². The molecular formula is C11H19N3O. The topological polar surface area (TPSA) is 50.1 Å². The molecule has 1 aliphatic heterocycles. The summed E-state index contributed by atoms with van der Waals surface area (Å²) in [6.07, 6.45) is 4.97. The molecule has 0 saturated carbocycles. The van der Waals surface area contributed by atoms with E-state index in [1.54, 1.807) is 4.68 Å². The summed E-state index contributed by atoms with van der Waals surface area (Å²) < 4.78 is 1.76. The highest BCUT2D eigenvalue weighted by atomic mass is 16.3. The molecule has 2 rings (SSSR count). The highest BCUT2D eigenvalue weighted by molar-refractivity contribution is 5.20. The van der Waals surface area contributed by atoms with Gasteiger partial charge in [0.15, 0.2) is 0 Å². The first-order chi connectivity index (χ1) is 7.18. The van der Waals surface area contributed by atoms with E-state index in [4.69, 9.17) is 0 Å². The lowest BCUT2D eigenvalue weighted by Crippen LogP contribution is -2.38. The fourth-order valence-electron chi connectivity index (χ4n) is 2.27. The van der Waals surface area contributed by atoms with E-state index in [0.29, 0.717) is 0 Å². The lowest BCUT2D eigenvalue weighted by Gasteiger charge is -2.27. The summed E-state index contributed by atoms with van der Waals surface area (Å²) in [6.45, 7) is 2.96. The molecule has 0 aromatic carbocycles. The molecule has 0 radical (unpaired) electrons. The Morgan fingerprint density at radius 3 is 2.93 bits per heavy atom. The second-order valence-electron chi connectivity index (χ2n) is 4.34. The van der Waals surface area contributed by atoms with Crippen LogP contribution >= 0.6 is 0 Å². The Morgan fingerprint density at radius 2 is 2.40 bits per heavy atom. The molecule has 1 aliphatic rings. The quantitative estimate of drug-likeness (QED) is 0.761. The van der Waals surface area contributed by atoms with E-state index in [0.717, 1.165) is 24.2 Å². The van der Waals surface area contributed by atoms with Crippen molar-refractivity contribution in [1.29, 1.82) is 0 Å². The number of nitrogens with one attached hydrogen (secondary N) is 1. The SMILES string of the molecule is Cc1nn(C)cc1C(O)C1CCCCN1. The second kappa shape index (κ2) is 4.33. The third kappa shape index (κ3) is 2.21. The van der Waals surface area contributed by atoms with Crippen molar-refractivity contribution in [3.63, 3.8) is 0 Å². The third-order valence-electron chi connectivity index (χ3n) is 3.10. The number of rotatable bonds is 2. The van der Waals surface area contributed by atoms with E-state index < -0.39 is 6.10 Å². The standard InChI is InChI=1S/C11H19N3O/c1-8-9(7-14(2)13-8)11(15)10-5-3-4-6-12-10/h7,10-12,15H,3-6H2,1-2H3. The van der Waals surface area contributed by atoms with Crippen molar-refractivity contribution in [2.24, 2.45) is 7.05 Å². The van der Waals surface area contributed by atoms with Crippen LogP contribution < -0.4 is 5.32 Å². The summed E-state index contributed by atoms with van der Waals surface area (Å²) in [5.74, 6) is 0. The molecule has 1 aromatic heterocycles. The zero-order valence-corrected chi connectivity index (χ0v) is 9.40. The molecule has 84 valence electrons. The highest BCUT2D eigenvalue weighted by Gasteiger charge is 2.24. The predicted octanol–water partition coefficient (Wildman–Crippen LogP) is 0.904. The first-order valence-electron chi connectivity index (χ1n) is 5.60. The first kappa shape index (κ1) is 10.6. The number of aromatic nitrogens is 2. The average Bonchev–Trinajstić information content (AvgIpc) is 2.58. The molecule has 4 nitrogen and oxygen atoms in total. The molecule has 1 aromatic rings. The van der Waals surface area contributed by atoms with Crippen molar-refractivity contribution in [2.75, 3.05) is 6.54 Å². The summed E-state index contributed by atoms with van der Waals surface area (Å²) in [7, 11) is 1.89. The van der Waals surface area contributed by atoms with Gasteiger partial charge in [0, 0.05) is 24.8 Å². The van der Waals surface area contributed by atoms with Crippen LogP contribution in [0.5, 0.6) is 0 Å². The van der Waals surface area contributed by atoms with Crippen molar-refractivity contribution in [2.45, 2.75) is 38.3 Å². The summed E-state index contributed by atoms with van der Waals surface area (Å²) in [6, 6.07) is 0.196. The number of nitrogens with zero attached hydrogens (tertiary/aromatic N) is 2. The van der Waals surface area contributed by atoms with E-state index >= 15 is 0 Å². The molecule has 0 aliphatic carbocycles. The molecule has 1 fully saturated rings. The molecule has 0 spiro atoms. The summed E-state index contributed by atoms with van der Waals surface area (Å²) in [4.78, 5) is 0. The normalized spacial score (nSPS) is 24.1. The van der Waals surface area contributed by atoms with Crippen LogP contribution in [0.2, 0.25) is 0 Å². The smallest absolute Gasteiger partial charge is 0.0975 e. The van der Waals surface area contributed by atoms with Crippen LogP contribution in [0.25, 0.3) is 0 Å². The first-order valence-corrected chi connectivity index (χ1v) is 5.60. The number of aliphatic hydroxyl groups is 1. The van der Waals surface area contributed by atoms with Crippen LogP contribution in [0.3, 0.4) is 0 Å². The number of hydrogen-bond acceptors (Lipinski definition) is 3. The fourth-order valence-corrected chi connectivity index (χ4v) is 2.27. The highest BCUT2D eigenvalue weighted by Crippen LogP contribution is 2.24. The van der Waals surface area contributed by atoms with Gasteiger partial charge in [-0.25, -0.2) is 0 Å². The Bertz CT molecular complexity index is 329. The van der Waals surface area contributed by atoms with E-state index in [2.05, 4.69) is 10.4 Å². The van der Waals surface area contributed by atoms with Gasteiger partial charge in [0.1, 0.15) is 0 Å². The predicted molar refractivity (Wildman–Crippen MR) is 58.5 cm³/mol. The Labute approximate surface area is 90.3 Å². The zero-order valence-electron chi connectivity index (χ0n) is 9.40. The maximum Gasteiger partial charge on any atom is 0.0975 e. The molecule has 2 unspecified atom stereocenters. The Kier molecular flexibility index (Phi) is 3.07. The van der Waals surface area contributed by atoms with Gasteiger partial charge >= 0.3 is 0 Å². The minimum Gasteiger partial charge on any atom is -0.387 e. The van der Waals surface area contributed by atoms with Crippen molar-refractivity contribution in [3.05, 3.63) is 17.5 Å². The van der Waals surface area contributed by atoms with Gasteiger partial charge < -0.3 is 10.4 Å². The summed E-state index contributed by atoms with van der Waals surface area (Å²) in [5.41, 5.74) is 1.88. The van der Waals surface area contributed by atoms with Crippen molar-refractivity contribution < 1.29 is 5.11 Å². The molecular weight excluding hydrogens is 190 g/mol. The number of piperidine rings is 1. The maximum atomic E-state index is 10.2. The molecule has 0 bridgehead atoms. The molecule has 0 amide bonds. The van der Waals surface area contributed by atoms with E-state index in [-0.39, 0.29) is 6.04 Å². The van der Waals surface area contributed by atoms with Crippen molar-refractivity contribution >= 4 is 0 Å². The van der Waals surface area contributed by atoms with Gasteiger partial charge in [-0.15, -0.1) is 0 Å². The molecule has 2 heterocycles.